The van der Waals surface area contributed by atoms with Gasteiger partial charge in [-0.1, -0.05) is 18.2 Å². The summed E-state index contributed by atoms with van der Waals surface area (Å²) in [6.07, 6.45) is 0. The molecule has 3 nitrogen and oxygen atoms in total. The molecule has 0 aromatic heterocycles. The summed E-state index contributed by atoms with van der Waals surface area (Å²) < 4.78 is 22.6. The first-order valence-corrected chi connectivity index (χ1v) is 4.98. The van der Waals surface area contributed by atoms with Gasteiger partial charge in [-0.25, -0.2) is 8.42 Å². The predicted octanol–water partition coefficient (Wildman–Crippen LogP) is 0.542. The van der Waals surface area contributed by atoms with Crippen molar-refractivity contribution in [1.82, 2.24) is 4.13 Å². The van der Waals surface area contributed by atoms with Crippen LogP contribution in [0.2, 0.25) is 0 Å². The molecule has 0 aromatic rings. The minimum Gasteiger partial charge on any atom is -0.207 e. The molecular weight excluding hydrogens is 166 g/mol. The molecule has 48 valence electrons. The second-order valence-corrected chi connectivity index (χ2v) is 3.71. The van der Waals surface area contributed by atoms with E-state index < -0.39 is 10.0 Å². The maximum Gasteiger partial charge on any atom is 0.242 e. The van der Waals surface area contributed by atoms with Crippen LogP contribution in [0.25, 0.3) is 0 Å². The zero-order valence-electron chi connectivity index (χ0n) is 3.86. The van der Waals surface area contributed by atoms with Crippen LogP contribution in [0.4, 0.5) is 0 Å². The van der Waals surface area contributed by atoms with E-state index in [-0.39, 0.29) is 0 Å². The third kappa shape index (κ3) is 3.36. The lowest BCUT2D eigenvalue weighted by Crippen LogP contribution is -2.10. The molecule has 0 amide bonds. The predicted molar refractivity (Wildman–Crippen MR) is 38.8 cm³/mol. The van der Waals surface area contributed by atoms with Crippen molar-refractivity contribution in [1.29, 1.82) is 0 Å². The molecule has 0 saturated heterocycles. The Morgan fingerprint density at radius 1 is 1.75 bits per heavy atom. The highest BCUT2D eigenvalue weighted by atomic mass is 33.1. The average molecular weight is 171 g/mol. The zero-order valence-corrected chi connectivity index (χ0v) is 6.39. The first kappa shape index (κ1) is 8.35. The molecule has 1 N–H and O–H groups in total. The van der Waals surface area contributed by atoms with Crippen LogP contribution in [0, 0.1) is 0 Å². The van der Waals surface area contributed by atoms with Gasteiger partial charge in [-0.2, -0.15) is 0 Å². The van der Waals surface area contributed by atoms with Crippen LogP contribution in [0.3, 0.4) is 0 Å². The summed E-state index contributed by atoms with van der Waals surface area (Å²) in [4.78, 5) is 0. The molecule has 0 saturated carbocycles. The molecule has 0 aliphatic heterocycles. The van der Waals surface area contributed by atoms with Crippen LogP contribution in [0.1, 0.15) is 0 Å². The van der Waals surface area contributed by atoms with E-state index in [4.69, 9.17) is 0 Å². The van der Waals surface area contributed by atoms with Gasteiger partial charge >= 0.3 is 0 Å². The fraction of sp³-hybridized carbons (Fsp3) is 0. The van der Waals surface area contributed by atoms with Gasteiger partial charge in [-0.3, -0.25) is 0 Å². The van der Waals surface area contributed by atoms with Crippen molar-refractivity contribution in [2.45, 2.75) is 0 Å². The molecule has 0 spiro atoms. The number of thiol groups is 1. The van der Waals surface area contributed by atoms with E-state index in [0.29, 0.717) is 0 Å². The highest BCUT2D eigenvalue weighted by Crippen LogP contribution is 2.00. The van der Waals surface area contributed by atoms with Crippen LogP contribution < -0.4 is 4.13 Å². The molecule has 0 radical (unpaired) electrons. The molecule has 0 unspecified atom stereocenters. The van der Waals surface area contributed by atoms with Crippen LogP contribution in [-0.4, -0.2) is 8.42 Å². The molecule has 0 aliphatic rings. The van der Waals surface area contributed by atoms with Crippen molar-refractivity contribution in [2.24, 2.45) is 0 Å². The van der Waals surface area contributed by atoms with Gasteiger partial charge in [-0.15, -0.1) is 4.13 Å². The lowest BCUT2D eigenvalue weighted by Gasteiger charge is -1.91. The maximum absolute atomic E-state index is 10.3. The quantitative estimate of drug-likeness (QED) is 0.370. The number of nitrogens with one attached hydrogen (secondary N) is 1. The first-order valence-electron chi connectivity index (χ1n) is 1.57. The van der Waals surface area contributed by atoms with Gasteiger partial charge in [0.05, 0.1) is 0 Å². The number of hydrogen-bond donors (Lipinski definition) is 2. The van der Waals surface area contributed by atoms with Gasteiger partial charge < -0.3 is 0 Å². The third-order valence-corrected chi connectivity index (χ3v) is 2.71. The largest absolute Gasteiger partial charge is 0.242 e. The average Bonchev–Trinajstić information content (AvgIpc) is 1.67. The van der Waals surface area contributed by atoms with Crippen molar-refractivity contribution in [3.05, 3.63) is 12.0 Å². The van der Waals surface area contributed by atoms with Gasteiger partial charge in [0, 0.05) is 16.4 Å². The molecule has 6 heteroatoms. The van der Waals surface area contributed by atoms with Gasteiger partial charge in [-0.05, 0) is 0 Å². The highest BCUT2D eigenvalue weighted by molar-refractivity contribution is 8.69. The van der Waals surface area contributed by atoms with Crippen molar-refractivity contribution >= 4 is 32.7 Å². The topological polar surface area (TPSA) is 46.2 Å². The molecule has 0 atom stereocenters. The van der Waals surface area contributed by atoms with E-state index in [1.807, 2.05) is 4.13 Å². The Kier molecular flexibility index (Phi) is 3.54. The first-order chi connectivity index (χ1) is 3.62. The summed E-state index contributed by atoms with van der Waals surface area (Å²) in [6, 6.07) is 0. The molecule has 0 rings (SSSR count). The van der Waals surface area contributed by atoms with Crippen LogP contribution in [0.15, 0.2) is 12.0 Å². The normalized spacial score (nSPS) is 11.1. The standard InChI is InChI=1S/C2H5NO2S3/c1-2-8(4,5)3-7-6/h2-3,6H,1H2. The Bertz CT molecular complexity index is 160. The summed E-state index contributed by atoms with van der Waals surface area (Å²) >= 11 is 3.55. The van der Waals surface area contributed by atoms with E-state index in [0.717, 1.165) is 16.4 Å². The smallest absolute Gasteiger partial charge is 0.207 e. The van der Waals surface area contributed by atoms with E-state index in [1.54, 1.807) is 0 Å². The highest BCUT2D eigenvalue weighted by Gasteiger charge is 1.98. The molecule has 0 heterocycles. The Labute approximate surface area is 57.5 Å². The fourth-order valence-electron chi connectivity index (χ4n) is 0.0860. The van der Waals surface area contributed by atoms with Crippen molar-refractivity contribution < 1.29 is 8.42 Å². The summed E-state index contributed by atoms with van der Waals surface area (Å²) in [5.41, 5.74) is 0. The summed E-state index contributed by atoms with van der Waals surface area (Å²) in [7, 11) is -2.55. The second-order valence-electron chi connectivity index (χ2n) is 0.886. The van der Waals surface area contributed by atoms with Crippen LogP contribution in [-0.2, 0) is 10.0 Å². The second kappa shape index (κ2) is 3.39. The minimum atomic E-state index is -3.27. The zero-order chi connectivity index (χ0) is 6.62. The van der Waals surface area contributed by atoms with E-state index in [1.165, 1.54) is 0 Å². The Balaban J connectivity index is 3.95. The number of rotatable bonds is 3. The van der Waals surface area contributed by atoms with Crippen molar-refractivity contribution in [3.8, 4) is 0 Å². The van der Waals surface area contributed by atoms with E-state index >= 15 is 0 Å². The number of hydrogen-bond acceptors (Lipinski definition) is 4. The van der Waals surface area contributed by atoms with Crippen molar-refractivity contribution in [3.63, 3.8) is 0 Å². The lowest BCUT2D eigenvalue weighted by molar-refractivity contribution is 0.603. The van der Waals surface area contributed by atoms with Gasteiger partial charge in [0.2, 0.25) is 10.0 Å². The molecule has 0 aromatic carbocycles. The van der Waals surface area contributed by atoms with Crippen LogP contribution in [0.5, 0.6) is 0 Å². The summed E-state index contributed by atoms with van der Waals surface area (Å²) in [5.74, 6) is 0. The monoisotopic (exact) mass is 171 g/mol. The van der Waals surface area contributed by atoms with E-state index in [2.05, 4.69) is 18.2 Å². The van der Waals surface area contributed by atoms with Crippen LogP contribution >= 0.6 is 22.6 Å². The fourth-order valence-corrected chi connectivity index (χ4v) is 1.71. The Morgan fingerprint density at radius 2 is 2.25 bits per heavy atom. The molecule has 0 bridgehead atoms. The van der Waals surface area contributed by atoms with Gasteiger partial charge in [0.15, 0.2) is 0 Å². The molecular formula is C2H5NO2S3. The van der Waals surface area contributed by atoms with Gasteiger partial charge in [0.1, 0.15) is 0 Å². The number of sulfonamides is 1. The molecule has 0 aliphatic carbocycles. The third-order valence-electron chi connectivity index (χ3n) is 0.373. The Morgan fingerprint density at radius 3 is 2.38 bits per heavy atom. The maximum atomic E-state index is 10.3. The molecule has 0 fully saturated rings. The van der Waals surface area contributed by atoms with Crippen molar-refractivity contribution in [2.75, 3.05) is 0 Å². The minimum absolute atomic E-state index is 0.718. The summed E-state index contributed by atoms with van der Waals surface area (Å²) in [6.45, 7) is 3.05. The van der Waals surface area contributed by atoms with E-state index in [9.17, 15) is 8.42 Å². The lowest BCUT2D eigenvalue weighted by atomic mass is 11.3. The SMILES string of the molecule is C=CS(=O)(=O)NSS. The summed E-state index contributed by atoms with van der Waals surface area (Å²) in [5, 5.41) is 0.816. The van der Waals surface area contributed by atoms with Gasteiger partial charge in [0.25, 0.3) is 0 Å². The molecule has 8 heavy (non-hydrogen) atoms. The Hall–Kier alpha value is 0.350.